The Labute approximate surface area is 158 Å². The van der Waals surface area contributed by atoms with Gasteiger partial charge in [0, 0.05) is 6.54 Å². The standard InChI is InChI=1S/C21H23N3OS/c1-15-23-19(20(26-15)17-12-8-5-9-13-17)21(25)22-14-18(24(2)3)16-10-6-4-7-11-16/h4-13,18H,14H2,1-3H3,(H,22,25). The summed E-state index contributed by atoms with van der Waals surface area (Å²) < 4.78 is 0. The predicted octanol–water partition coefficient (Wildman–Crippen LogP) is 4.15. The third-order valence-corrected chi connectivity index (χ3v) is 5.27. The number of carbonyl (C=O) groups excluding carboxylic acids is 1. The molecule has 0 aliphatic carbocycles. The summed E-state index contributed by atoms with van der Waals surface area (Å²) in [6.07, 6.45) is 0. The molecule has 3 aromatic rings. The average Bonchev–Trinajstić information content (AvgIpc) is 3.05. The minimum Gasteiger partial charge on any atom is -0.349 e. The van der Waals surface area contributed by atoms with Crippen molar-refractivity contribution in [1.29, 1.82) is 0 Å². The molecule has 0 radical (unpaired) electrons. The topological polar surface area (TPSA) is 45.2 Å². The maximum Gasteiger partial charge on any atom is 0.271 e. The van der Waals surface area contributed by atoms with E-state index in [0.29, 0.717) is 12.2 Å². The van der Waals surface area contributed by atoms with Crippen molar-refractivity contribution in [1.82, 2.24) is 15.2 Å². The summed E-state index contributed by atoms with van der Waals surface area (Å²) in [5, 5.41) is 3.96. The lowest BCUT2D eigenvalue weighted by Gasteiger charge is -2.25. The van der Waals surface area contributed by atoms with Crippen molar-refractivity contribution in [2.75, 3.05) is 20.6 Å². The quantitative estimate of drug-likeness (QED) is 0.714. The Balaban J connectivity index is 1.78. The van der Waals surface area contributed by atoms with Crippen LogP contribution in [-0.2, 0) is 0 Å². The van der Waals surface area contributed by atoms with Gasteiger partial charge in [-0.05, 0) is 32.1 Å². The number of carbonyl (C=O) groups is 1. The number of likely N-dealkylation sites (N-methyl/N-ethyl adjacent to an activating group) is 1. The molecule has 1 aromatic heterocycles. The minimum absolute atomic E-state index is 0.111. The van der Waals surface area contributed by atoms with Crippen LogP contribution in [0.25, 0.3) is 10.4 Å². The van der Waals surface area contributed by atoms with Crippen LogP contribution in [0.1, 0.15) is 27.1 Å². The van der Waals surface area contributed by atoms with E-state index in [4.69, 9.17) is 0 Å². The van der Waals surface area contributed by atoms with Crippen molar-refractivity contribution < 1.29 is 4.79 Å². The second-order valence-electron chi connectivity index (χ2n) is 6.38. The number of aryl methyl sites for hydroxylation is 1. The lowest BCUT2D eigenvalue weighted by atomic mass is 10.1. The van der Waals surface area contributed by atoms with Gasteiger partial charge in [-0.2, -0.15) is 0 Å². The molecule has 1 unspecified atom stereocenters. The van der Waals surface area contributed by atoms with Crippen LogP contribution >= 0.6 is 11.3 Å². The van der Waals surface area contributed by atoms with Gasteiger partial charge in [-0.1, -0.05) is 60.7 Å². The van der Waals surface area contributed by atoms with Crippen molar-refractivity contribution in [3.63, 3.8) is 0 Å². The maximum atomic E-state index is 12.8. The third kappa shape index (κ3) is 4.18. The highest BCUT2D eigenvalue weighted by Crippen LogP contribution is 2.30. The van der Waals surface area contributed by atoms with Crippen LogP contribution in [0.15, 0.2) is 60.7 Å². The number of aromatic nitrogens is 1. The fourth-order valence-electron chi connectivity index (χ4n) is 2.91. The second kappa shape index (κ2) is 8.25. The number of amides is 1. The molecule has 1 heterocycles. The molecule has 0 spiro atoms. The monoisotopic (exact) mass is 365 g/mol. The number of rotatable bonds is 6. The third-order valence-electron chi connectivity index (χ3n) is 4.25. The highest BCUT2D eigenvalue weighted by Gasteiger charge is 2.20. The second-order valence-corrected chi connectivity index (χ2v) is 7.58. The lowest BCUT2D eigenvalue weighted by Crippen LogP contribution is -2.34. The molecule has 0 fully saturated rings. The van der Waals surface area contributed by atoms with E-state index in [2.05, 4.69) is 27.3 Å². The van der Waals surface area contributed by atoms with E-state index in [-0.39, 0.29) is 11.9 Å². The Kier molecular flexibility index (Phi) is 5.81. The first-order chi connectivity index (χ1) is 12.6. The Morgan fingerprint density at radius 2 is 1.69 bits per heavy atom. The van der Waals surface area contributed by atoms with E-state index in [1.54, 1.807) is 11.3 Å². The first-order valence-electron chi connectivity index (χ1n) is 8.58. The van der Waals surface area contributed by atoms with Gasteiger partial charge in [0.15, 0.2) is 0 Å². The van der Waals surface area contributed by atoms with Gasteiger partial charge in [-0.15, -0.1) is 11.3 Å². The molecule has 0 aliphatic heterocycles. The molecule has 1 atom stereocenters. The molecule has 3 rings (SSSR count). The molecular formula is C21H23N3OS. The molecule has 134 valence electrons. The van der Waals surface area contributed by atoms with E-state index in [0.717, 1.165) is 15.4 Å². The van der Waals surface area contributed by atoms with Crippen molar-refractivity contribution in [3.8, 4) is 10.4 Å². The van der Waals surface area contributed by atoms with E-state index in [1.165, 1.54) is 5.56 Å². The summed E-state index contributed by atoms with van der Waals surface area (Å²) in [5.41, 5.74) is 2.70. The smallest absolute Gasteiger partial charge is 0.271 e. The Bertz CT molecular complexity index is 859. The Hall–Kier alpha value is -2.50. The van der Waals surface area contributed by atoms with Gasteiger partial charge in [0.25, 0.3) is 5.91 Å². The van der Waals surface area contributed by atoms with Crippen LogP contribution in [-0.4, -0.2) is 36.4 Å². The fraction of sp³-hybridized carbons (Fsp3) is 0.238. The van der Waals surface area contributed by atoms with Crippen molar-refractivity contribution in [3.05, 3.63) is 76.9 Å². The molecular weight excluding hydrogens is 342 g/mol. The highest BCUT2D eigenvalue weighted by atomic mass is 32.1. The van der Waals surface area contributed by atoms with Crippen molar-refractivity contribution >= 4 is 17.2 Å². The molecule has 1 N–H and O–H groups in total. The van der Waals surface area contributed by atoms with Gasteiger partial charge in [-0.3, -0.25) is 4.79 Å². The number of nitrogens with zero attached hydrogens (tertiary/aromatic N) is 2. The van der Waals surface area contributed by atoms with Crippen LogP contribution in [0.2, 0.25) is 0 Å². The van der Waals surface area contributed by atoms with Crippen molar-refractivity contribution in [2.45, 2.75) is 13.0 Å². The van der Waals surface area contributed by atoms with Crippen LogP contribution in [0.3, 0.4) is 0 Å². The molecule has 0 saturated carbocycles. The van der Waals surface area contributed by atoms with Crippen LogP contribution in [0, 0.1) is 6.92 Å². The molecule has 5 heteroatoms. The maximum absolute atomic E-state index is 12.8. The van der Waals surface area contributed by atoms with Crippen LogP contribution in [0.5, 0.6) is 0 Å². The van der Waals surface area contributed by atoms with E-state index >= 15 is 0 Å². The number of benzene rings is 2. The molecule has 2 aromatic carbocycles. The summed E-state index contributed by atoms with van der Waals surface area (Å²) >= 11 is 1.55. The Morgan fingerprint density at radius 3 is 2.31 bits per heavy atom. The first kappa shape index (κ1) is 18.3. The highest BCUT2D eigenvalue weighted by molar-refractivity contribution is 7.15. The first-order valence-corrected chi connectivity index (χ1v) is 9.40. The molecule has 0 saturated heterocycles. The number of hydrogen-bond donors (Lipinski definition) is 1. The fourth-order valence-corrected chi connectivity index (χ4v) is 3.83. The van der Waals surface area contributed by atoms with Crippen LogP contribution in [0.4, 0.5) is 0 Å². The lowest BCUT2D eigenvalue weighted by molar-refractivity contribution is 0.0938. The summed E-state index contributed by atoms with van der Waals surface area (Å²) in [6, 6.07) is 20.3. The molecule has 4 nitrogen and oxygen atoms in total. The zero-order valence-corrected chi connectivity index (χ0v) is 16.1. The van der Waals surface area contributed by atoms with Gasteiger partial charge in [0.1, 0.15) is 5.69 Å². The average molecular weight is 366 g/mol. The molecule has 1 amide bonds. The van der Waals surface area contributed by atoms with E-state index < -0.39 is 0 Å². The number of nitrogens with one attached hydrogen (secondary N) is 1. The largest absolute Gasteiger partial charge is 0.349 e. The zero-order chi connectivity index (χ0) is 18.5. The Morgan fingerprint density at radius 1 is 1.08 bits per heavy atom. The predicted molar refractivity (Wildman–Crippen MR) is 107 cm³/mol. The summed E-state index contributed by atoms with van der Waals surface area (Å²) in [6.45, 7) is 2.46. The number of hydrogen-bond acceptors (Lipinski definition) is 4. The van der Waals surface area contributed by atoms with E-state index in [1.807, 2.05) is 69.6 Å². The normalized spacial score (nSPS) is 12.2. The van der Waals surface area contributed by atoms with Gasteiger partial charge >= 0.3 is 0 Å². The van der Waals surface area contributed by atoms with Crippen molar-refractivity contribution in [2.24, 2.45) is 0 Å². The summed E-state index contributed by atoms with van der Waals surface area (Å²) in [5.74, 6) is -0.129. The molecule has 26 heavy (non-hydrogen) atoms. The molecule has 0 aliphatic rings. The van der Waals surface area contributed by atoms with Crippen LogP contribution < -0.4 is 5.32 Å². The summed E-state index contributed by atoms with van der Waals surface area (Å²) in [4.78, 5) is 20.3. The van der Waals surface area contributed by atoms with Gasteiger partial charge in [0.2, 0.25) is 0 Å². The van der Waals surface area contributed by atoms with E-state index in [9.17, 15) is 4.79 Å². The number of thiazole rings is 1. The minimum atomic E-state index is -0.129. The van der Waals surface area contributed by atoms with Gasteiger partial charge in [-0.25, -0.2) is 4.98 Å². The van der Waals surface area contributed by atoms with Gasteiger partial charge < -0.3 is 10.2 Å². The zero-order valence-electron chi connectivity index (χ0n) is 15.3. The SMILES string of the molecule is Cc1nc(C(=O)NCC(c2ccccc2)N(C)C)c(-c2ccccc2)s1. The molecule has 0 bridgehead atoms. The van der Waals surface area contributed by atoms with Gasteiger partial charge in [0.05, 0.1) is 15.9 Å². The summed E-state index contributed by atoms with van der Waals surface area (Å²) in [7, 11) is 4.04.